The fourth-order valence-electron chi connectivity index (χ4n) is 11.9. The highest BCUT2D eigenvalue weighted by Gasteiger charge is 2.60. The van der Waals surface area contributed by atoms with Crippen LogP contribution in [-0.2, 0) is 75.8 Å². The fraction of sp³-hybridized carbons (Fsp3) is 1.00. The summed E-state index contributed by atoms with van der Waals surface area (Å²) in [7, 11) is 0. The van der Waals surface area contributed by atoms with Gasteiger partial charge in [0.1, 0.15) is 195 Å². The van der Waals surface area contributed by atoms with Gasteiger partial charge in [0.05, 0.1) is 52.9 Å². The highest BCUT2D eigenvalue weighted by Crippen LogP contribution is 2.40. The molecule has 40 heteroatoms. The zero-order valence-electron chi connectivity index (χ0n) is 46.0. The lowest BCUT2D eigenvalue weighted by atomic mass is 9.94. The highest BCUT2D eigenvalue weighted by atomic mass is 16.8. The van der Waals surface area contributed by atoms with Gasteiger partial charge >= 0.3 is 0 Å². The van der Waals surface area contributed by atoms with Crippen molar-refractivity contribution in [3.63, 3.8) is 0 Å². The van der Waals surface area contributed by atoms with Gasteiger partial charge in [-0.05, 0) is 0 Å². The molecule has 30 heterocycles. The van der Waals surface area contributed by atoms with Crippen LogP contribution in [0.5, 0.6) is 0 Å². The second-order valence-corrected chi connectivity index (χ2v) is 22.5. The van der Waals surface area contributed by atoms with Crippen LogP contribution in [-0.4, -0.2) is 421 Å². The molecule has 0 spiro atoms. The van der Waals surface area contributed by atoms with Crippen molar-refractivity contribution in [2.75, 3.05) is 52.9 Å². The van der Waals surface area contributed by atoms with Crippen LogP contribution < -0.4 is 0 Å². The summed E-state index contributed by atoms with van der Waals surface area (Å²) in [6.07, 6.45) is -82.0. The second kappa shape index (κ2) is 30.0. The quantitative estimate of drug-likeness (QED) is 0.107. The first-order chi connectivity index (χ1) is 41.9. The second-order valence-electron chi connectivity index (χ2n) is 22.5. The molecule has 16 unspecified atom stereocenters. The fourth-order valence-corrected chi connectivity index (χ4v) is 11.9. The molecule has 0 radical (unpaired) electrons. The summed E-state index contributed by atoms with van der Waals surface area (Å²) in [6.45, 7) is -8.64. The molecule has 40 atom stereocenters. The topological polar surface area (TPSA) is 633 Å². The van der Waals surface area contributed by atoms with E-state index < -0.39 is 299 Å². The van der Waals surface area contributed by atoms with Crippen LogP contribution in [0.4, 0.5) is 0 Å². The van der Waals surface area contributed by atoms with Crippen molar-refractivity contribution in [2.24, 2.45) is 0 Å². The van der Waals surface area contributed by atoms with Gasteiger partial charge in [-0.25, -0.2) is 0 Å². The van der Waals surface area contributed by atoms with E-state index in [4.69, 9.17) is 75.8 Å². The summed E-state index contributed by atoms with van der Waals surface area (Å²) in [6, 6.07) is 0. The Kier molecular flexibility index (Phi) is 24.1. The van der Waals surface area contributed by atoms with Crippen molar-refractivity contribution in [1.82, 2.24) is 0 Å². The Hall–Kier alpha value is -1.60. The molecule has 0 aromatic rings. The van der Waals surface area contributed by atoms with Gasteiger partial charge < -0.3 is 198 Å². The van der Waals surface area contributed by atoms with Crippen molar-refractivity contribution in [3.8, 4) is 0 Å². The molecule has 0 aromatic carbocycles. The molecule has 30 aliphatic rings. The van der Waals surface area contributed by atoms with Crippen molar-refractivity contribution in [1.29, 1.82) is 0 Å². The SMILES string of the molecule is OCC1O[C@H]2O[C@H]3C(CO)O[C@@H](O[C@H]4C(CO)O[C@@H](O[C@H]5C(CO)O[C@@H](O[C@H]6C(CO)O[C@@H](O[C@H]7C(CO)O[C@@H](O[C@H]8C(CO)O[C@@H](O[C@H]9C(CO)O[C@@H](O[C@@H]1[C@H](O)C2O)C(O)[C@H]9O)C(O)[C@H]8O)C(O)[C@H]7O)C(O)[C@H]6O)C(O)[C@H]5O)C(O)[C@H]4O)C(O)[C@H]3O. The Balaban J connectivity index is 0.975. The minimum absolute atomic E-state index is 1.08. The number of rotatable bonds is 8. The van der Waals surface area contributed by atoms with Crippen LogP contribution >= 0.6 is 0 Å². The average Bonchev–Trinajstić information content (AvgIpc) is 0.985. The van der Waals surface area contributed by atoms with E-state index in [2.05, 4.69) is 0 Å². The van der Waals surface area contributed by atoms with Gasteiger partial charge in [-0.15, -0.1) is 0 Å². The molecule has 30 rings (SSSR count). The zero-order valence-corrected chi connectivity index (χ0v) is 46.0. The Morgan fingerprint density at radius 3 is 0.307 bits per heavy atom. The summed E-state index contributed by atoms with van der Waals surface area (Å²) in [5, 5.41) is 265. The molecule has 16 bridgehead atoms. The van der Waals surface area contributed by atoms with Gasteiger partial charge in [0.15, 0.2) is 50.3 Å². The van der Waals surface area contributed by atoms with Crippen LogP contribution in [0.2, 0.25) is 0 Å². The first-order valence-electron chi connectivity index (χ1n) is 28.1. The number of hydrogen-bond donors (Lipinski definition) is 24. The number of hydrogen-bond acceptors (Lipinski definition) is 40. The molecule has 0 amide bonds. The molecule has 512 valence electrons. The lowest BCUT2D eigenvalue weighted by Gasteiger charge is -2.50. The molecular formula is C48H80O40. The van der Waals surface area contributed by atoms with E-state index in [1.165, 1.54) is 0 Å². The van der Waals surface area contributed by atoms with Gasteiger partial charge in [0.25, 0.3) is 0 Å². The van der Waals surface area contributed by atoms with Crippen molar-refractivity contribution >= 4 is 0 Å². The standard InChI is InChI=1S/C48H80O40/c49-1-9-33-17(57)25(65)41(73-9)82-34-10(2-50)75-43(27(67)19(34)59)84-36-12(4-52)77-45(29(69)21(36)61)86-38-14(6-54)79-47(31(71)23(38)63)88-40-16(8-56)80-48(32(72)24(40)64)87-39-15(7-55)78-46(30(70)22(39)62)85-37-13(5-53)76-44(28(68)20(37)60)83-35-11(3-51)74-42(81-33)26(66)18(35)58/h9-72H,1-8H2/t9?,10?,11?,12?,13?,14?,15?,16?,17-,18-,19-,20-,21-,22-,23-,24-,25?,26?,27?,28?,29?,30?,31?,32?,33+,34+,35+,36+,37+,38+,39+,40+,41+,42+,43+,44+,45+,46+,47+,48+/m1/s1. The molecular weight excluding hydrogens is 1220 g/mol. The summed E-state index contributed by atoms with van der Waals surface area (Å²) in [5.41, 5.74) is 0. The van der Waals surface area contributed by atoms with Gasteiger partial charge in [-0.2, -0.15) is 0 Å². The zero-order chi connectivity index (χ0) is 64.1. The third-order valence-electron chi connectivity index (χ3n) is 16.9. The van der Waals surface area contributed by atoms with Gasteiger partial charge in [0.2, 0.25) is 0 Å². The Morgan fingerprint density at radius 2 is 0.227 bits per heavy atom. The molecule has 40 nitrogen and oxygen atoms in total. The molecule has 88 heavy (non-hydrogen) atoms. The predicted molar refractivity (Wildman–Crippen MR) is 261 cm³/mol. The third-order valence-corrected chi connectivity index (χ3v) is 16.9. The lowest BCUT2D eigenvalue weighted by molar-refractivity contribution is -0.404. The minimum Gasteiger partial charge on any atom is -0.394 e. The van der Waals surface area contributed by atoms with E-state index in [1.807, 2.05) is 0 Å². The van der Waals surface area contributed by atoms with E-state index in [0.717, 1.165) is 0 Å². The normalized spacial score (nSPS) is 55.4. The van der Waals surface area contributed by atoms with Crippen LogP contribution in [0.25, 0.3) is 0 Å². The van der Waals surface area contributed by atoms with E-state index in [0.29, 0.717) is 0 Å². The predicted octanol–water partition coefficient (Wildman–Crippen LogP) is -17.4. The summed E-state index contributed by atoms with van der Waals surface area (Å²) >= 11 is 0. The van der Waals surface area contributed by atoms with Crippen LogP contribution in [0.3, 0.4) is 0 Å². The molecule has 30 aliphatic heterocycles. The maximum atomic E-state index is 11.4. The largest absolute Gasteiger partial charge is 0.394 e. The van der Waals surface area contributed by atoms with Crippen molar-refractivity contribution < 1.29 is 198 Å². The Labute approximate surface area is 496 Å². The average molecular weight is 1300 g/mol. The monoisotopic (exact) mass is 1300 g/mol. The summed E-state index contributed by atoms with van der Waals surface area (Å²) in [5.74, 6) is 0. The van der Waals surface area contributed by atoms with E-state index in [1.54, 1.807) is 0 Å². The van der Waals surface area contributed by atoms with Gasteiger partial charge in [0, 0.05) is 0 Å². The smallest absolute Gasteiger partial charge is 0.187 e. The molecule has 0 aromatic heterocycles. The summed E-state index contributed by atoms with van der Waals surface area (Å²) in [4.78, 5) is 0. The minimum atomic E-state index is -2.25. The Bertz CT molecular complexity index is 1700. The van der Waals surface area contributed by atoms with Crippen molar-refractivity contribution in [3.05, 3.63) is 0 Å². The van der Waals surface area contributed by atoms with Crippen LogP contribution in [0.15, 0.2) is 0 Å². The first kappa shape index (κ1) is 70.7. The van der Waals surface area contributed by atoms with Crippen LogP contribution in [0, 0.1) is 0 Å². The summed E-state index contributed by atoms with van der Waals surface area (Å²) < 4.78 is 91.1. The third kappa shape index (κ3) is 13.8. The van der Waals surface area contributed by atoms with Crippen molar-refractivity contribution in [2.45, 2.75) is 246 Å². The van der Waals surface area contributed by atoms with E-state index in [9.17, 15) is 123 Å². The Morgan fingerprint density at radius 1 is 0.136 bits per heavy atom. The number of aliphatic hydroxyl groups is 24. The molecule has 30 fully saturated rings. The number of aliphatic hydroxyl groups excluding tert-OH is 24. The molecule has 30 saturated heterocycles. The van der Waals surface area contributed by atoms with Gasteiger partial charge in [-0.1, -0.05) is 0 Å². The van der Waals surface area contributed by atoms with Gasteiger partial charge in [-0.3, -0.25) is 0 Å². The number of ether oxygens (including phenoxy) is 16. The highest BCUT2D eigenvalue weighted by molar-refractivity contribution is 5.02. The maximum absolute atomic E-state index is 11.4. The molecule has 24 N–H and O–H groups in total. The molecule has 0 saturated carbocycles. The van der Waals surface area contributed by atoms with E-state index in [-0.39, 0.29) is 0 Å². The maximum Gasteiger partial charge on any atom is 0.187 e. The van der Waals surface area contributed by atoms with Crippen LogP contribution in [0.1, 0.15) is 0 Å². The first-order valence-corrected chi connectivity index (χ1v) is 28.1. The molecule has 0 aliphatic carbocycles. The van der Waals surface area contributed by atoms with E-state index >= 15 is 0 Å². The lowest BCUT2D eigenvalue weighted by Crippen LogP contribution is -2.69.